The van der Waals surface area contributed by atoms with Crippen LogP contribution in [0.2, 0.25) is 0 Å². The van der Waals surface area contributed by atoms with Gasteiger partial charge in [0.25, 0.3) is 0 Å². The van der Waals surface area contributed by atoms with Crippen LogP contribution in [0.3, 0.4) is 0 Å². The monoisotopic (exact) mass is 829 g/mol. The molecule has 3 saturated carbocycles. The molecule has 0 bridgehead atoms. The van der Waals surface area contributed by atoms with Crippen LogP contribution < -0.4 is 0 Å². The number of rotatable bonds is 25. The van der Waals surface area contributed by atoms with E-state index in [1.54, 1.807) is 0 Å². The maximum absolute atomic E-state index is 12.6. The molecular formula is C52H92O7. The van der Waals surface area contributed by atoms with Gasteiger partial charge < -0.3 is 29.5 Å². The number of hydrogen-bond donors (Lipinski definition) is 3. The summed E-state index contributed by atoms with van der Waals surface area (Å²) in [7, 11) is 0. The molecule has 0 spiro atoms. The van der Waals surface area contributed by atoms with Crippen LogP contribution >= 0.6 is 0 Å². The molecule has 14 atom stereocenters. The molecule has 7 nitrogen and oxygen atoms in total. The summed E-state index contributed by atoms with van der Waals surface area (Å²) in [6.45, 7) is 17.0. The molecule has 0 aromatic carbocycles. The van der Waals surface area contributed by atoms with Gasteiger partial charge in [0.2, 0.25) is 0 Å². The summed E-state index contributed by atoms with van der Waals surface area (Å²) in [5.74, 6) is 5.24. The van der Waals surface area contributed by atoms with Crippen molar-refractivity contribution in [2.24, 2.45) is 52.3 Å². The van der Waals surface area contributed by atoms with E-state index in [1.807, 2.05) is 0 Å². The molecule has 0 aromatic heterocycles. The van der Waals surface area contributed by atoms with E-state index in [-0.39, 0.29) is 24.1 Å². The van der Waals surface area contributed by atoms with E-state index in [4.69, 9.17) is 14.2 Å². The van der Waals surface area contributed by atoms with Crippen molar-refractivity contribution in [3.63, 3.8) is 0 Å². The number of aliphatic hydroxyl groups is 3. The van der Waals surface area contributed by atoms with Crippen LogP contribution in [0.4, 0.5) is 0 Å². The van der Waals surface area contributed by atoms with Crippen LogP contribution in [0.5, 0.6) is 0 Å². The highest BCUT2D eigenvalue weighted by Gasteiger charge is 2.59. The zero-order chi connectivity index (χ0) is 42.6. The number of allylic oxidation sites excluding steroid dienone is 1. The van der Waals surface area contributed by atoms with Gasteiger partial charge in [-0.25, -0.2) is 0 Å². The first-order valence-electron chi connectivity index (χ1n) is 25.5. The zero-order valence-corrected chi connectivity index (χ0v) is 39.1. The number of unbranched alkanes of at least 4 members (excludes halogenated alkanes) is 13. The molecule has 1 saturated heterocycles. The largest absolute Gasteiger partial charge is 0.463 e. The van der Waals surface area contributed by atoms with E-state index < -0.39 is 30.7 Å². The highest BCUT2D eigenvalue weighted by molar-refractivity contribution is 5.69. The normalized spacial score (nSPS) is 36.7. The smallest absolute Gasteiger partial charge is 0.305 e. The predicted octanol–water partition coefficient (Wildman–Crippen LogP) is 12.3. The fraction of sp³-hybridized carbons (Fsp3) is 0.942. The minimum atomic E-state index is -1.44. The Balaban J connectivity index is 1.03. The van der Waals surface area contributed by atoms with Crippen molar-refractivity contribution in [1.82, 2.24) is 0 Å². The number of carbonyl (C=O) groups excluding carboxylic acids is 1. The Hall–Kier alpha value is -0.990. The Bertz CT molecular complexity index is 1270. The molecule has 1 heterocycles. The maximum atomic E-state index is 12.6. The van der Waals surface area contributed by atoms with Crippen LogP contribution in [0.25, 0.3) is 0 Å². The number of fused-ring (bicyclic) bond motifs is 5. The van der Waals surface area contributed by atoms with Crippen molar-refractivity contribution >= 4 is 5.97 Å². The Morgan fingerprint density at radius 2 is 1.42 bits per heavy atom. The van der Waals surface area contributed by atoms with Crippen molar-refractivity contribution in [3.8, 4) is 0 Å². The second kappa shape index (κ2) is 23.6. The third-order valence-electron chi connectivity index (χ3n) is 17.4. The first kappa shape index (κ1) is 49.0. The van der Waals surface area contributed by atoms with Gasteiger partial charge >= 0.3 is 5.97 Å². The second-order valence-corrected chi connectivity index (χ2v) is 21.5. The Morgan fingerprint density at radius 3 is 2.05 bits per heavy atom. The highest BCUT2D eigenvalue weighted by atomic mass is 16.7. The van der Waals surface area contributed by atoms with E-state index in [1.165, 1.54) is 121 Å². The molecule has 4 aliphatic carbocycles. The van der Waals surface area contributed by atoms with Gasteiger partial charge in [-0.1, -0.05) is 156 Å². The molecule has 0 radical (unpaired) electrons. The van der Waals surface area contributed by atoms with Gasteiger partial charge in [-0.3, -0.25) is 4.79 Å². The second-order valence-electron chi connectivity index (χ2n) is 21.5. The summed E-state index contributed by atoms with van der Waals surface area (Å²) < 4.78 is 18.0. The van der Waals surface area contributed by atoms with Crippen LogP contribution in [0.15, 0.2) is 11.6 Å². The quantitative estimate of drug-likeness (QED) is 0.0478. The molecule has 5 rings (SSSR count). The van der Waals surface area contributed by atoms with Crippen LogP contribution in [-0.2, 0) is 19.0 Å². The SMILES string of the molecule is CCCCCCCCCCCCCCCCC(=O)OC[C@H]1O[C@@H](O[C@H]2CC[C@@]3(C)C(=CC[C@H]4[C@@H]5CC[C@H]([C@H](C)CC[C@@H](CC)C(C)C)[C@@]5(C)CC[C@@H]43)C2)[C@H](O)[C@@H](O)[C@@H]1O. The van der Waals surface area contributed by atoms with Crippen molar-refractivity contribution in [2.75, 3.05) is 6.61 Å². The Kier molecular flexibility index (Phi) is 19.6. The predicted molar refractivity (Wildman–Crippen MR) is 240 cm³/mol. The topological polar surface area (TPSA) is 105 Å². The van der Waals surface area contributed by atoms with E-state index in [0.29, 0.717) is 17.8 Å². The van der Waals surface area contributed by atoms with E-state index >= 15 is 0 Å². The summed E-state index contributed by atoms with van der Waals surface area (Å²) >= 11 is 0. The number of ether oxygens (including phenoxy) is 3. The van der Waals surface area contributed by atoms with E-state index in [0.717, 1.165) is 80.5 Å². The lowest BCUT2D eigenvalue weighted by Crippen LogP contribution is -2.60. The van der Waals surface area contributed by atoms with Crippen molar-refractivity contribution in [1.29, 1.82) is 0 Å². The van der Waals surface area contributed by atoms with Crippen molar-refractivity contribution in [2.45, 2.75) is 252 Å². The molecule has 3 N–H and O–H groups in total. The lowest BCUT2D eigenvalue weighted by molar-refractivity contribution is -0.313. The number of aliphatic hydroxyl groups excluding tert-OH is 3. The highest BCUT2D eigenvalue weighted by Crippen LogP contribution is 2.67. The summed E-state index contributed by atoms with van der Waals surface area (Å²) in [5, 5.41) is 32.5. The van der Waals surface area contributed by atoms with Crippen LogP contribution in [0.1, 0.15) is 215 Å². The molecule has 4 fully saturated rings. The molecule has 0 amide bonds. The molecule has 1 aliphatic heterocycles. The lowest BCUT2D eigenvalue weighted by atomic mass is 9.47. The molecular weight excluding hydrogens is 737 g/mol. The molecule has 0 aromatic rings. The Labute approximate surface area is 362 Å². The third kappa shape index (κ3) is 12.6. The first-order valence-corrected chi connectivity index (χ1v) is 25.5. The first-order chi connectivity index (χ1) is 28.3. The van der Waals surface area contributed by atoms with Gasteiger partial charge in [-0.05, 0) is 116 Å². The third-order valence-corrected chi connectivity index (χ3v) is 17.4. The van der Waals surface area contributed by atoms with Crippen LogP contribution in [-0.4, -0.2) is 64.7 Å². The number of esters is 1. The minimum Gasteiger partial charge on any atom is -0.463 e. The summed E-state index contributed by atoms with van der Waals surface area (Å²) in [5.41, 5.74) is 2.13. The fourth-order valence-electron chi connectivity index (χ4n) is 13.5. The van der Waals surface area contributed by atoms with Gasteiger partial charge in [0, 0.05) is 6.42 Å². The molecule has 0 unspecified atom stereocenters. The van der Waals surface area contributed by atoms with Gasteiger partial charge in [-0.2, -0.15) is 0 Å². The van der Waals surface area contributed by atoms with Crippen LogP contribution in [0, 0.1) is 52.3 Å². The Morgan fingerprint density at radius 1 is 0.780 bits per heavy atom. The molecule has 7 heteroatoms. The average molecular weight is 829 g/mol. The van der Waals surface area contributed by atoms with E-state index in [9.17, 15) is 20.1 Å². The number of hydrogen-bond acceptors (Lipinski definition) is 7. The lowest BCUT2D eigenvalue weighted by Gasteiger charge is -2.58. The van der Waals surface area contributed by atoms with Gasteiger partial charge in [0.05, 0.1) is 6.10 Å². The summed E-state index contributed by atoms with van der Waals surface area (Å²) in [4.78, 5) is 12.6. The average Bonchev–Trinajstić information content (AvgIpc) is 3.58. The summed E-state index contributed by atoms with van der Waals surface area (Å²) in [6, 6.07) is 0. The molecule has 342 valence electrons. The van der Waals surface area contributed by atoms with Gasteiger partial charge in [0.15, 0.2) is 6.29 Å². The minimum absolute atomic E-state index is 0.139. The summed E-state index contributed by atoms with van der Waals surface area (Å²) in [6.07, 6.45) is 27.6. The molecule has 59 heavy (non-hydrogen) atoms. The van der Waals surface area contributed by atoms with Gasteiger partial charge in [0.1, 0.15) is 31.0 Å². The van der Waals surface area contributed by atoms with Crippen molar-refractivity contribution < 1.29 is 34.3 Å². The fourth-order valence-corrected chi connectivity index (χ4v) is 13.5. The maximum Gasteiger partial charge on any atom is 0.305 e. The van der Waals surface area contributed by atoms with Crippen molar-refractivity contribution in [3.05, 3.63) is 11.6 Å². The number of carbonyl (C=O) groups is 1. The van der Waals surface area contributed by atoms with Gasteiger partial charge in [-0.15, -0.1) is 0 Å². The standard InChI is InChI=1S/C52H92O7/c1-8-10-11-12-13-14-15-16-17-18-19-20-21-22-23-46(53)57-35-45-47(54)48(55)49(56)50(59-45)58-40-30-32-51(6)39(34-40)26-27-41-43-29-28-42(52(43,7)33-31-44(41)51)37(5)24-25-38(9-2)36(3)4/h26,36-38,40-45,47-50,54-56H,8-25,27-35H2,1-7H3/t37-,38-,40+,41+,42-,43+,44+,45-,47-,48+,49-,50-,51+,52-/m1/s1. The molecule has 5 aliphatic rings. The zero-order valence-electron chi connectivity index (χ0n) is 39.1. The van der Waals surface area contributed by atoms with E-state index in [2.05, 4.69) is 54.5 Å².